The summed E-state index contributed by atoms with van der Waals surface area (Å²) < 4.78 is 53.8. The quantitative estimate of drug-likeness (QED) is 0.644. The van der Waals surface area contributed by atoms with Gasteiger partial charge in [0.25, 0.3) is 0 Å². The molecule has 0 amide bonds. The number of aliphatic hydroxyl groups excluding tert-OH is 1. The van der Waals surface area contributed by atoms with Crippen LogP contribution in [0.5, 0.6) is 0 Å². The summed E-state index contributed by atoms with van der Waals surface area (Å²) in [5, 5.41) is 11.2. The fraction of sp³-hybridized carbons (Fsp3) is 0.111. The van der Waals surface area contributed by atoms with Gasteiger partial charge in [-0.25, -0.2) is 21.9 Å². The predicted molar refractivity (Wildman–Crippen MR) is 95.5 cm³/mol. The molecule has 0 aliphatic rings. The Balaban J connectivity index is 1.85. The number of benzene rings is 3. The van der Waals surface area contributed by atoms with Gasteiger partial charge in [0, 0.05) is 6.54 Å². The molecule has 8 heteroatoms. The van der Waals surface area contributed by atoms with E-state index in [-0.39, 0.29) is 6.54 Å². The molecule has 0 aromatic heterocycles. The van der Waals surface area contributed by atoms with Crippen LogP contribution in [-0.4, -0.2) is 20.1 Å². The van der Waals surface area contributed by atoms with Gasteiger partial charge in [-0.2, -0.15) is 0 Å². The molecule has 0 spiro atoms. The summed E-state index contributed by atoms with van der Waals surface area (Å²) in [6.07, 6.45) is -1.16. The molecular formula is C18H14ClF2NO3S. The van der Waals surface area contributed by atoms with Gasteiger partial charge in [0.05, 0.1) is 6.10 Å². The van der Waals surface area contributed by atoms with Gasteiger partial charge in [0.2, 0.25) is 10.0 Å². The molecule has 0 aliphatic carbocycles. The van der Waals surface area contributed by atoms with Gasteiger partial charge in [0.15, 0.2) is 5.82 Å². The lowest BCUT2D eigenvalue weighted by molar-refractivity contribution is 0.183. The van der Waals surface area contributed by atoms with Gasteiger partial charge in [-0.05, 0) is 28.5 Å². The number of rotatable bonds is 5. The van der Waals surface area contributed by atoms with E-state index in [0.717, 1.165) is 22.9 Å². The number of aliphatic hydroxyl groups is 1. The molecule has 0 fully saturated rings. The molecule has 0 saturated carbocycles. The molecule has 0 aliphatic heterocycles. The Morgan fingerprint density at radius 2 is 1.73 bits per heavy atom. The molecule has 0 saturated heterocycles. The van der Waals surface area contributed by atoms with Crippen molar-refractivity contribution >= 4 is 32.4 Å². The maximum atomic E-state index is 14.0. The highest BCUT2D eigenvalue weighted by atomic mass is 35.5. The monoisotopic (exact) mass is 397 g/mol. The largest absolute Gasteiger partial charge is 0.387 e. The Hall–Kier alpha value is -2.06. The van der Waals surface area contributed by atoms with Crippen molar-refractivity contribution in [1.29, 1.82) is 0 Å². The standard InChI is InChI=1S/C18H14ClF2NO3S/c19-17-14(20)8-9-16(18(17)21)26(24,25)22-10-15(23)13-7-3-5-11-4-1-2-6-12(11)13/h1-9,15,22-23H,10H2. The average molecular weight is 398 g/mol. The Morgan fingerprint density at radius 1 is 1.04 bits per heavy atom. The van der Waals surface area contributed by atoms with Gasteiger partial charge in [-0.1, -0.05) is 54.1 Å². The van der Waals surface area contributed by atoms with Crippen LogP contribution in [0.15, 0.2) is 59.5 Å². The first-order valence-electron chi connectivity index (χ1n) is 7.60. The molecule has 1 unspecified atom stereocenters. The van der Waals surface area contributed by atoms with Crippen LogP contribution in [0, 0.1) is 11.6 Å². The van der Waals surface area contributed by atoms with Crippen molar-refractivity contribution in [2.24, 2.45) is 0 Å². The molecule has 1 atom stereocenters. The lowest BCUT2D eigenvalue weighted by Crippen LogP contribution is -2.29. The fourth-order valence-electron chi connectivity index (χ4n) is 2.63. The van der Waals surface area contributed by atoms with Gasteiger partial charge in [0.1, 0.15) is 15.7 Å². The topological polar surface area (TPSA) is 66.4 Å². The normalized spacial score (nSPS) is 13.1. The van der Waals surface area contributed by atoms with Crippen molar-refractivity contribution in [2.45, 2.75) is 11.0 Å². The molecule has 136 valence electrons. The lowest BCUT2D eigenvalue weighted by Gasteiger charge is -2.15. The van der Waals surface area contributed by atoms with E-state index in [4.69, 9.17) is 11.6 Å². The molecular weight excluding hydrogens is 384 g/mol. The van der Waals surface area contributed by atoms with Crippen LogP contribution in [0.25, 0.3) is 10.8 Å². The van der Waals surface area contributed by atoms with Crippen LogP contribution < -0.4 is 4.72 Å². The second-order valence-corrected chi connectivity index (χ2v) is 7.72. The summed E-state index contributed by atoms with van der Waals surface area (Å²) in [5.41, 5.74) is 0.531. The zero-order valence-corrected chi connectivity index (χ0v) is 14.9. The molecule has 26 heavy (non-hydrogen) atoms. The molecule has 3 rings (SSSR count). The van der Waals surface area contributed by atoms with Crippen LogP contribution in [0.1, 0.15) is 11.7 Å². The van der Waals surface area contributed by atoms with E-state index in [1.54, 1.807) is 18.2 Å². The number of hydrogen-bond donors (Lipinski definition) is 2. The summed E-state index contributed by atoms with van der Waals surface area (Å²) in [4.78, 5) is -0.783. The first kappa shape index (κ1) is 18.7. The maximum Gasteiger partial charge on any atom is 0.243 e. The molecule has 0 heterocycles. The van der Waals surface area contributed by atoms with Crippen molar-refractivity contribution in [3.63, 3.8) is 0 Å². The Labute approximate surface area is 154 Å². The first-order chi connectivity index (χ1) is 12.3. The Bertz CT molecular complexity index is 1070. The van der Waals surface area contributed by atoms with E-state index in [9.17, 15) is 22.3 Å². The highest BCUT2D eigenvalue weighted by Crippen LogP contribution is 2.26. The van der Waals surface area contributed by atoms with E-state index < -0.39 is 37.7 Å². The second-order valence-electron chi connectivity index (χ2n) is 5.61. The maximum absolute atomic E-state index is 14.0. The minimum atomic E-state index is -4.32. The SMILES string of the molecule is O=S(=O)(NCC(O)c1cccc2ccccc12)c1ccc(F)c(Cl)c1F. The van der Waals surface area contributed by atoms with Gasteiger partial charge in [-0.15, -0.1) is 0 Å². The van der Waals surface area contributed by atoms with E-state index in [1.165, 1.54) is 0 Å². The van der Waals surface area contributed by atoms with Gasteiger partial charge in [-0.3, -0.25) is 0 Å². The molecule has 0 bridgehead atoms. The summed E-state index contributed by atoms with van der Waals surface area (Å²) in [5.74, 6) is -2.43. The third-order valence-electron chi connectivity index (χ3n) is 3.94. The predicted octanol–water partition coefficient (Wildman–Crippen LogP) is 3.78. The van der Waals surface area contributed by atoms with Crippen molar-refractivity contribution in [1.82, 2.24) is 4.72 Å². The molecule has 0 radical (unpaired) electrons. The number of hydrogen-bond acceptors (Lipinski definition) is 3. The molecule has 2 N–H and O–H groups in total. The number of halogens is 3. The average Bonchev–Trinajstić information content (AvgIpc) is 2.63. The van der Waals surface area contributed by atoms with Crippen LogP contribution in [0.4, 0.5) is 8.78 Å². The first-order valence-corrected chi connectivity index (χ1v) is 9.46. The van der Waals surface area contributed by atoms with Crippen molar-refractivity contribution in [2.75, 3.05) is 6.54 Å². The Kier molecular flexibility index (Phi) is 5.24. The second kappa shape index (κ2) is 7.28. The van der Waals surface area contributed by atoms with Crippen LogP contribution in [0.3, 0.4) is 0 Å². The van der Waals surface area contributed by atoms with E-state index in [1.807, 2.05) is 24.3 Å². The summed E-state index contributed by atoms with van der Waals surface area (Å²) >= 11 is 5.42. The van der Waals surface area contributed by atoms with Crippen LogP contribution in [0.2, 0.25) is 5.02 Å². The lowest BCUT2D eigenvalue weighted by atomic mass is 10.0. The minimum Gasteiger partial charge on any atom is -0.387 e. The zero-order valence-electron chi connectivity index (χ0n) is 13.3. The third-order valence-corrected chi connectivity index (χ3v) is 5.73. The van der Waals surface area contributed by atoms with Crippen LogP contribution in [-0.2, 0) is 10.0 Å². The van der Waals surface area contributed by atoms with E-state index in [2.05, 4.69) is 4.72 Å². The number of sulfonamides is 1. The third kappa shape index (κ3) is 3.57. The summed E-state index contributed by atoms with van der Waals surface area (Å²) in [6, 6.07) is 14.2. The zero-order chi connectivity index (χ0) is 18.9. The smallest absolute Gasteiger partial charge is 0.243 e. The summed E-state index contributed by atoms with van der Waals surface area (Å²) in [7, 11) is -4.32. The van der Waals surface area contributed by atoms with Crippen molar-refractivity contribution in [3.05, 3.63) is 76.8 Å². The number of fused-ring (bicyclic) bond motifs is 1. The van der Waals surface area contributed by atoms with E-state index >= 15 is 0 Å². The molecule has 4 nitrogen and oxygen atoms in total. The highest BCUT2D eigenvalue weighted by molar-refractivity contribution is 7.89. The van der Waals surface area contributed by atoms with Gasteiger partial charge < -0.3 is 5.11 Å². The van der Waals surface area contributed by atoms with Crippen molar-refractivity contribution in [3.8, 4) is 0 Å². The van der Waals surface area contributed by atoms with E-state index in [0.29, 0.717) is 5.56 Å². The highest BCUT2D eigenvalue weighted by Gasteiger charge is 2.24. The summed E-state index contributed by atoms with van der Waals surface area (Å²) in [6.45, 7) is -0.384. The van der Waals surface area contributed by atoms with Gasteiger partial charge >= 0.3 is 0 Å². The number of nitrogens with one attached hydrogen (secondary N) is 1. The molecule has 3 aromatic rings. The molecule has 3 aromatic carbocycles. The van der Waals surface area contributed by atoms with Crippen molar-refractivity contribution < 1.29 is 22.3 Å². The van der Waals surface area contributed by atoms with Crippen LogP contribution >= 0.6 is 11.6 Å². The fourth-order valence-corrected chi connectivity index (χ4v) is 3.97. The Morgan fingerprint density at radius 3 is 2.50 bits per heavy atom. The minimum absolute atomic E-state index is 0.384.